The van der Waals surface area contributed by atoms with Crippen LogP contribution in [-0.4, -0.2) is 23.6 Å². The van der Waals surface area contributed by atoms with Crippen molar-refractivity contribution in [3.05, 3.63) is 52.2 Å². The fourth-order valence-electron chi connectivity index (χ4n) is 2.32. The van der Waals surface area contributed by atoms with Crippen LogP contribution in [0.1, 0.15) is 23.6 Å². The van der Waals surface area contributed by atoms with Gasteiger partial charge in [-0.3, -0.25) is 0 Å². The van der Waals surface area contributed by atoms with Crippen molar-refractivity contribution in [1.29, 1.82) is 0 Å². The number of thiazole rings is 1. The quantitative estimate of drug-likeness (QED) is 0.892. The first-order valence-electron chi connectivity index (χ1n) is 6.89. The molecule has 0 spiro atoms. The zero-order chi connectivity index (χ0) is 14.7. The largest absolute Gasteiger partial charge is 0.338 e. The highest BCUT2D eigenvalue weighted by atomic mass is 32.1. The molecule has 1 aromatic carbocycles. The molecule has 2 N–H and O–H groups in total. The third-order valence-corrected chi connectivity index (χ3v) is 4.19. The van der Waals surface area contributed by atoms with Crippen molar-refractivity contribution in [2.45, 2.75) is 24.8 Å². The van der Waals surface area contributed by atoms with E-state index < -0.39 is 0 Å². The van der Waals surface area contributed by atoms with Crippen LogP contribution in [0.3, 0.4) is 0 Å². The summed E-state index contributed by atoms with van der Waals surface area (Å²) in [6.45, 7) is 0.573. The zero-order valence-corrected chi connectivity index (χ0v) is 12.2. The number of hydrogen-bond donors (Lipinski definition) is 2. The molecule has 0 aliphatic heterocycles. The van der Waals surface area contributed by atoms with E-state index >= 15 is 0 Å². The van der Waals surface area contributed by atoms with Gasteiger partial charge in [-0.2, -0.15) is 0 Å². The van der Waals surface area contributed by atoms with E-state index in [1.54, 1.807) is 29.0 Å². The topological polar surface area (TPSA) is 54.0 Å². The third-order valence-electron chi connectivity index (χ3n) is 3.56. The number of carbonyl (C=O) groups excluding carboxylic acids is 1. The van der Waals surface area contributed by atoms with E-state index in [2.05, 4.69) is 15.6 Å². The normalized spacial score (nSPS) is 20.0. The molecule has 1 heterocycles. The molecule has 3 rings (SSSR count). The summed E-state index contributed by atoms with van der Waals surface area (Å²) in [5.41, 5.74) is 3.85. The number of halogens is 1. The van der Waals surface area contributed by atoms with Gasteiger partial charge in [0.05, 0.1) is 11.2 Å². The molecule has 1 aliphatic carbocycles. The van der Waals surface area contributed by atoms with Gasteiger partial charge in [-0.15, -0.1) is 11.3 Å². The van der Waals surface area contributed by atoms with E-state index in [0.717, 1.165) is 24.1 Å². The lowest BCUT2D eigenvalue weighted by Gasteiger charge is -2.06. The highest BCUT2D eigenvalue weighted by molar-refractivity contribution is 7.07. The van der Waals surface area contributed by atoms with Gasteiger partial charge < -0.3 is 10.6 Å². The van der Waals surface area contributed by atoms with Crippen LogP contribution in [0.25, 0.3) is 0 Å². The summed E-state index contributed by atoms with van der Waals surface area (Å²) in [5.74, 6) is 0.0681. The Labute approximate surface area is 126 Å². The Balaban J connectivity index is 1.39. The highest BCUT2D eigenvalue weighted by Gasteiger charge is 2.39. The second-order valence-electron chi connectivity index (χ2n) is 5.13. The third kappa shape index (κ3) is 3.78. The summed E-state index contributed by atoms with van der Waals surface area (Å²) in [4.78, 5) is 15.9. The predicted molar refractivity (Wildman–Crippen MR) is 79.9 cm³/mol. The highest BCUT2D eigenvalue weighted by Crippen LogP contribution is 2.40. The number of aromatic nitrogens is 1. The molecule has 2 aromatic rings. The number of nitrogens with zero attached hydrogens (tertiary/aromatic N) is 1. The molecule has 0 radical (unpaired) electrons. The Morgan fingerprint density at radius 1 is 1.38 bits per heavy atom. The number of rotatable bonds is 5. The Kier molecular flexibility index (Phi) is 4.15. The molecular formula is C15H16FN3OS. The number of urea groups is 1. The van der Waals surface area contributed by atoms with E-state index in [-0.39, 0.29) is 17.9 Å². The SMILES string of the molecule is O=C(NCCc1cscn1)N[C@@H]1C[C@H]1c1ccc(F)cc1. The van der Waals surface area contributed by atoms with Crippen molar-refractivity contribution >= 4 is 17.4 Å². The molecule has 0 bridgehead atoms. The Morgan fingerprint density at radius 2 is 2.19 bits per heavy atom. The van der Waals surface area contributed by atoms with Gasteiger partial charge in [0.2, 0.25) is 0 Å². The second-order valence-corrected chi connectivity index (χ2v) is 5.85. The molecule has 110 valence electrons. The van der Waals surface area contributed by atoms with Gasteiger partial charge in [-0.25, -0.2) is 14.2 Å². The summed E-state index contributed by atoms with van der Waals surface area (Å²) >= 11 is 1.55. The van der Waals surface area contributed by atoms with E-state index in [0.29, 0.717) is 12.5 Å². The minimum Gasteiger partial charge on any atom is -0.338 e. The van der Waals surface area contributed by atoms with Gasteiger partial charge in [0.15, 0.2) is 0 Å². The van der Waals surface area contributed by atoms with Crippen molar-refractivity contribution < 1.29 is 9.18 Å². The average Bonchev–Trinajstić information content (AvgIpc) is 3.02. The van der Waals surface area contributed by atoms with Crippen LogP contribution in [0.15, 0.2) is 35.2 Å². The van der Waals surface area contributed by atoms with E-state index in [1.807, 2.05) is 5.38 Å². The number of hydrogen-bond acceptors (Lipinski definition) is 3. The molecule has 0 saturated heterocycles. The second kappa shape index (κ2) is 6.22. The van der Waals surface area contributed by atoms with Gasteiger partial charge in [0.25, 0.3) is 0 Å². The summed E-state index contributed by atoms with van der Waals surface area (Å²) in [7, 11) is 0. The van der Waals surface area contributed by atoms with Gasteiger partial charge in [0, 0.05) is 30.3 Å². The minimum absolute atomic E-state index is 0.148. The number of benzene rings is 1. The van der Waals surface area contributed by atoms with Crippen LogP contribution in [-0.2, 0) is 6.42 Å². The van der Waals surface area contributed by atoms with Gasteiger partial charge in [-0.1, -0.05) is 12.1 Å². The van der Waals surface area contributed by atoms with Crippen molar-refractivity contribution in [3.63, 3.8) is 0 Å². The first-order valence-corrected chi connectivity index (χ1v) is 7.83. The molecule has 6 heteroatoms. The standard InChI is InChI=1S/C15H16FN3OS/c16-11-3-1-10(2-4-11)13-7-14(13)19-15(20)17-6-5-12-8-21-9-18-12/h1-4,8-9,13-14H,5-7H2,(H2,17,19,20)/t13-,14+/m0/s1. The minimum atomic E-state index is -0.233. The van der Waals surface area contributed by atoms with Crippen LogP contribution < -0.4 is 10.6 Å². The van der Waals surface area contributed by atoms with Crippen LogP contribution in [0, 0.1) is 5.82 Å². The lowest BCUT2D eigenvalue weighted by atomic mass is 10.1. The average molecular weight is 305 g/mol. The van der Waals surface area contributed by atoms with Crippen LogP contribution in [0.5, 0.6) is 0 Å². The fourth-order valence-corrected chi connectivity index (χ4v) is 2.91. The van der Waals surface area contributed by atoms with Crippen molar-refractivity contribution in [2.75, 3.05) is 6.54 Å². The Morgan fingerprint density at radius 3 is 2.90 bits per heavy atom. The van der Waals surface area contributed by atoms with E-state index in [1.165, 1.54) is 12.1 Å². The predicted octanol–water partition coefficient (Wildman–Crippen LogP) is 2.68. The van der Waals surface area contributed by atoms with Crippen LogP contribution in [0.2, 0.25) is 0 Å². The lowest BCUT2D eigenvalue weighted by molar-refractivity contribution is 0.240. The summed E-state index contributed by atoms with van der Waals surface area (Å²) < 4.78 is 12.8. The van der Waals surface area contributed by atoms with Gasteiger partial charge in [0.1, 0.15) is 5.82 Å². The molecule has 1 aliphatic rings. The number of nitrogens with one attached hydrogen (secondary N) is 2. The van der Waals surface area contributed by atoms with Crippen LogP contribution >= 0.6 is 11.3 Å². The molecule has 1 saturated carbocycles. The maximum Gasteiger partial charge on any atom is 0.315 e. The van der Waals surface area contributed by atoms with Crippen molar-refractivity contribution in [1.82, 2.24) is 15.6 Å². The summed E-state index contributed by atoms with van der Waals surface area (Å²) in [6.07, 6.45) is 1.65. The van der Waals surface area contributed by atoms with Crippen molar-refractivity contribution in [3.8, 4) is 0 Å². The zero-order valence-electron chi connectivity index (χ0n) is 11.4. The van der Waals surface area contributed by atoms with Gasteiger partial charge in [-0.05, 0) is 24.1 Å². The first kappa shape index (κ1) is 14.0. The molecule has 21 heavy (non-hydrogen) atoms. The first-order chi connectivity index (χ1) is 10.2. The van der Waals surface area contributed by atoms with Crippen LogP contribution in [0.4, 0.5) is 9.18 Å². The fraction of sp³-hybridized carbons (Fsp3) is 0.333. The number of amides is 2. The molecule has 2 amide bonds. The molecule has 0 unspecified atom stereocenters. The lowest BCUT2D eigenvalue weighted by Crippen LogP contribution is -2.38. The Hall–Kier alpha value is -1.95. The monoisotopic (exact) mass is 305 g/mol. The summed E-state index contributed by atoms with van der Waals surface area (Å²) in [6, 6.07) is 6.47. The Bertz CT molecular complexity index is 600. The molecular weight excluding hydrogens is 289 g/mol. The maximum atomic E-state index is 12.8. The summed E-state index contributed by atoms with van der Waals surface area (Å²) in [5, 5.41) is 7.74. The smallest absolute Gasteiger partial charge is 0.315 e. The van der Waals surface area contributed by atoms with E-state index in [9.17, 15) is 9.18 Å². The maximum absolute atomic E-state index is 12.8. The molecule has 2 atom stereocenters. The molecule has 1 fully saturated rings. The number of carbonyl (C=O) groups is 1. The van der Waals surface area contributed by atoms with Crippen molar-refractivity contribution in [2.24, 2.45) is 0 Å². The van der Waals surface area contributed by atoms with E-state index in [4.69, 9.17) is 0 Å². The van der Waals surface area contributed by atoms with Gasteiger partial charge >= 0.3 is 6.03 Å². The molecule has 1 aromatic heterocycles. The molecule has 4 nitrogen and oxygen atoms in total.